The summed E-state index contributed by atoms with van der Waals surface area (Å²) in [6.45, 7) is 1.74. The Kier molecular flexibility index (Phi) is 5.73. The molecule has 0 aliphatic carbocycles. The Bertz CT molecular complexity index is 927. The number of hydrogen-bond acceptors (Lipinski definition) is 7. The van der Waals surface area contributed by atoms with E-state index >= 15 is 0 Å². The smallest absolute Gasteiger partial charge is 0.340 e. The van der Waals surface area contributed by atoms with Crippen molar-refractivity contribution in [2.45, 2.75) is 6.92 Å². The average molecular weight is 367 g/mol. The number of nitrogens with one attached hydrogen (secondary N) is 1. The van der Waals surface area contributed by atoms with Gasteiger partial charge in [0.05, 0.1) is 23.5 Å². The average Bonchev–Trinajstić information content (AvgIpc) is 3.22. The van der Waals surface area contributed by atoms with Crippen LogP contribution >= 0.6 is 0 Å². The van der Waals surface area contributed by atoms with E-state index < -0.39 is 11.9 Å². The first kappa shape index (κ1) is 18.1. The summed E-state index contributed by atoms with van der Waals surface area (Å²) in [6.07, 6.45) is 1.46. The van der Waals surface area contributed by atoms with Gasteiger partial charge in [-0.05, 0) is 41.6 Å². The summed E-state index contributed by atoms with van der Waals surface area (Å²) in [7, 11) is 0. The van der Waals surface area contributed by atoms with Crippen molar-refractivity contribution in [3.8, 4) is 11.4 Å². The maximum atomic E-state index is 12.2. The number of esters is 1. The SMILES string of the molecule is CCOC(=O)c1ccccc1NC(=O)COc1cccc(-n2cnnn2)c1. The Morgan fingerprint density at radius 1 is 1.15 bits per heavy atom. The minimum atomic E-state index is -0.497. The van der Waals surface area contributed by atoms with E-state index in [1.807, 2.05) is 0 Å². The van der Waals surface area contributed by atoms with Crippen LogP contribution in [0.5, 0.6) is 5.75 Å². The first-order valence-electron chi connectivity index (χ1n) is 8.19. The van der Waals surface area contributed by atoms with Crippen molar-refractivity contribution < 1.29 is 19.1 Å². The third-order valence-electron chi connectivity index (χ3n) is 3.50. The zero-order valence-electron chi connectivity index (χ0n) is 14.5. The molecule has 3 aromatic rings. The Morgan fingerprint density at radius 2 is 2.00 bits per heavy atom. The third-order valence-corrected chi connectivity index (χ3v) is 3.50. The van der Waals surface area contributed by atoms with Gasteiger partial charge in [0.25, 0.3) is 5.91 Å². The molecule has 1 N–H and O–H groups in total. The molecule has 0 saturated carbocycles. The first-order valence-corrected chi connectivity index (χ1v) is 8.19. The van der Waals surface area contributed by atoms with Gasteiger partial charge in [0.1, 0.15) is 12.1 Å². The number of carbonyl (C=O) groups is 2. The highest BCUT2D eigenvalue weighted by Gasteiger charge is 2.14. The topological polar surface area (TPSA) is 108 Å². The van der Waals surface area contributed by atoms with E-state index in [9.17, 15) is 9.59 Å². The number of tetrazole rings is 1. The molecule has 0 aliphatic heterocycles. The quantitative estimate of drug-likeness (QED) is 0.635. The Balaban J connectivity index is 1.63. The van der Waals surface area contributed by atoms with Crippen molar-refractivity contribution in [2.75, 3.05) is 18.5 Å². The molecule has 1 amide bonds. The van der Waals surface area contributed by atoms with Crippen molar-refractivity contribution in [3.63, 3.8) is 0 Å². The number of hydrogen-bond donors (Lipinski definition) is 1. The lowest BCUT2D eigenvalue weighted by Crippen LogP contribution is -2.22. The van der Waals surface area contributed by atoms with E-state index in [0.29, 0.717) is 17.1 Å². The molecule has 1 heterocycles. The monoisotopic (exact) mass is 367 g/mol. The van der Waals surface area contributed by atoms with Crippen LogP contribution < -0.4 is 10.1 Å². The molecule has 2 aromatic carbocycles. The molecule has 138 valence electrons. The Hall–Kier alpha value is -3.75. The fourth-order valence-electron chi connectivity index (χ4n) is 2.31. The molecule has 1 aromatic heterocycles. The van der Waals surface area contributed by atoms with E-state index in [1.165, 1.54) is 11.0 Å². The predicted molar refractivity (Wildman–Crippen MR) is 95.7 cm³/mol. The molecule has 0 bridgehead atoms. The maximum absolute atomic E-state index is 12.2. The second kappa shape index (κ2) is 8.56. The first-order chi connectivity index (χ1) is 13.2. The van der Waals surface area contributed by atoms with E-state index in [1.54, 1.807) is 55.5 Å². The van der Waals surface area contributed by atoms with E-state index in [-0.39, 0.29) is 18.8 Å². The van der Waals surface area contributed by atoms with Crippen LogP contribution in [0.1, 0.15) is 17.3 Å². The number of aromatic nitrogens is 4. The second-order valence-electron chi connectivity index (χ2n) is 5.35. The highest BCUT2D eigenvalue weighted by molar-refractivity contribution is 6.01. The summed E-state index contributed by atoms with van der Waals surface area (Å²) in [5.41, 5.74) is 1.35. The highest BCUT2D eigenvalue weighted by atomic mass is 16.5. The van der Waals surface area contributed by atoms with Crippen molar-refractivity contribution in [2.24, 2.45) is 0 Å². The van der Waals surface area contributed by atoms with Crippen LogP contribution in [0, 0.1) is 0 Å². The van der Waals surface area contributed by atoms with Gasteiger partial charge in [0.2, 0.25) is 0 Å². The molecule has 0 atom stereocenters. The van der Waals surface area contributed by atoms with Gasteiger partial charge in [-0.3, -0.25) is 4.79 Å². The molecule has 9 heteroatoms. The number of benzene rings is 2. The summed E-state index contributed by atoms with van der Waals surface area (Å²) in [4.78, 5) is 24.2. The molecular formula is C18H17N5O4. The number of carbonyl (C=O) groups excluding carboxylic acids is 2. The number of amides is 1. The van der Waals surface area contributed by atoms with Crippen LogP contribution in [0.4, 0.5) is 5.69 Å². The molecule has 27 heavy (non-hydrogen) atoms. The highest BCUT2D eigenvalue weighted by Crippen LogP contribution is 2.18. The Morgan fingerprint density at radius 3 is 2.78 bits per heavy atom. The van der Waals surface area contributed by atoms with Gasteiger partial charge in [0.15, 0.2) is 6.61 Å². The van der Waals surface area contributed by atoms with Crippen molar-refractivity contribution in [1.82, 2.24) is 20.2 Å². The molecular weight excluding hydrogens is 350 g/mol. The summed E-state index contributed by atoms with van der Waals surface area (Å²) >= 11 is 0. The minimum absolute atomic E-state index is 0.226. The van der Waals surface area contributed by atoms with E-state index in [0.717, 1.165) is 0 Å². The van der Waals surface area contributed by atoms with Crippen LogP contribution in [0.15, 0.2) is 54.9 Å². The molecule has 0 spiro atoms. The van der Waals surface area contributed by atoms with Crippen molar-refractivity contribution >= 4 is 17.6 Å². The maximum Gasteiger partial charge on any atom is 0.340 e. The summed E-state index contributed by atoms with van der Waals surface area (Å²) in [6, 6.07) is 13.6. The van der Waals surface area contributed by atoms with Crippen molar-refractivity contribution in [1.29, 1.82) is 0 Å². The zero-order chi connectivity index (χ0) is 19.1. The molecule has 0 unspecified atom stereocenters. The van der Waals surface area contributed by atoms with Crippen LogP contribution in [-0.2, 0) is 9.53 Å². The van der Waals surface area contributed by atoms with Gasteiger partial charge in [-0.1, -0.05) is 18.2 Å². The Labute approximate surface area is 154 Å². The van der Waals surface area contributed by atoms with Crippen LogP contribution in [0.2, 0.25) is 0 Å². The molecule has 0 saturated heterocycles. The van der Waals surface area contributed by atoms with Crippen molar-refractivity contribution in [3.05, 3.63) is 60.4 Å². The lowest BCUT2D eigenvalue weighted by atomic mass is 10.2. The van der Waals surface area contributed by atoms with Gasteiger partial charge in [-0.25, -0.2) is 9.48 Å². The summed E-state index contributed by atoms with van der Waals surface area (Å²) in [5.74, 6) is -0.417. The molecule has 9 nitrogen and oxygen atoms in total. The zero-order valence-corrected chi connectivity index (χ0v) is 14.5. The molecule has 0 fully saturated rings. The number of nitrogens with zero attached hydrogens (tertiary/aromatic N) is 4. The van der Waals surface area contributed by atoms with Crippen LogP contribution in [0.3, 0.4) is 0 Å². The normalized spacial score (nSPS) is 10.3. The summed E-state index contributed by atoms with van der Waals surface area (Å²) < 4.78 is 12.0. The largest absolute Gasteiger partial charge is 0.484 e. The fraction of sp³-hybridized carbons (Fsp3) is 0.167. The van der Waals surface area contributed by atoms with E-state index in [2.05, 4.69) is 20.8 Å². The predicted octanol–water partition coefficient (Wildman–Crippen LogP) is 1.86. The lowest BCUT2D eigenvalue weighted by molar-refractivity contribution is -0.118. The van der Waals surface area contributed by atoms with Gasteiger partial charge in [0, 0.05) is 6.07 Å². The number of anilines is 1. The van der Waals surface area contributed by atoms with Crippen LogP contribution in [0.25, 0.3) is 5.69 Å². The molecule has 3 rings (SSSR count). The third kappa shape index (κ3) is 4.66. The summed E-state index contributed by atoms with van der Waals surface area (Å²) in [5, 5.41) is 13.6. The molecule has 0 radical (unpaired) electrons. The minimum Gasteiger partial charge on any atom is -0.484 e. The van der Waals surface area contributed by atoms with E-state index in [4.69, 9.17) is 9.47 Å². The fourth-order valence-corrected chi connectivity index (χ4v) is 2.31. The number of ether oxygens (including phenoxy) is 2. The van der Waals surface area contributed by atoms with Gasteiger partial charge >= 0.3 is 5.97 Å². The lowest BCUT2D eigenvalue weighted by Gasteiger charge is -2.11. The van der Waals surface area contributed by atoms with Gasteiger partial charge in [-0.15, -0.1) is 5.10 Å². The standard InChI is InChI=1S/C18H17N5O4/c1-2-26-18(25)15-8-3-4-9-16(15)20-17(24)11-27-14-7-5-6-13(10-14)23-12-19-21-22-23/h3-10,12H,2,11H2,1H3,(H,20,24). The number of para-hydroxylation sites is 1. The van der Waals surface area contributed by atoms with Gasteiger partial charge < -0.3 is 14.8 Å². The van der Waals surface area contributed by atoms with Gasteiger partial charge in [-0.2, -0.15) is 0 Å². The van der Waals surface area contributed by atoms with Crippen LogP contribution in [-0.4, -0.2) is 45.3 Å². The second-order valence-corrected chi connectivity index (χ2v) is 5.35. The number of rotatable bonds is 7. The molecule has 0 aliphatic rings.